The molecule has 0 aliphatic rings. The van der Waals surface area contributed by atoms with Gasteiger partial charge in [-0.2, -0.15) is 5.26 Å². The van der Waals surface area contributed by atoms with E-state index in [4.69, 9.17) is 5.26 Å². The number of carbonyl (C=O) groups is 1. The number of nitrogens with zero attached hydrogens (tertiary/aromatic N) is 6. The predicted molar refractivity (Wildman–Crippen MR) is 139 cm³/mol. The fourth-order valence-electron chi connectivity index (χ4n) is 3.74. The van der Waals surface area contributed by atoms with Crippen LogP contribution in [0.25, 0.3) is 17.1 Å². The van der Waals surface area contributed by atoms with E-state index < -0.39 is 0 Å². The fourth-order valence-corrected chi connectivity index (χ4v) is 4.56. The van der Waals surface area contributed by atoms with Crippen molar-refractivity contribution in [2.45, 2.75) is 32.3 Å². The van der Waals surface area contributed by atoms with Crippen molar-refractivity contribution < 1.29 is 4.79 Å². The second kappa shape index (κ2) is 11.0. The Kier molecular flexibility index (Phi) is 7.58. The number of amides is 1. The predicted octanol–water partition coefficient (Wildman–Crippen LogP) is 5.29. The lowest BCUT2D eigenvalue weighted by molar-refractivity contribution is -0.116. The van der Waals surface area contributed by atoms with E-state index in [0.29, 0.717) is 17.5 Å². The topological polar surface area (TPSA) is 87.7 Å². The first kappa shape index (κ1) is 24.2. The van der Waals surface area contributed by atoms with Gasteiger partial charge in [0.2, 0.25) is 5.91 Å². The normalized spacial score (nSPS) is 10.7. The Labute approximate surface area is 209 Å². The summed E-state index contributed by atoms with van der Waals surface area (Å²) in [4.78, 5) is 19.1. The van der Waals surface area contributed by atoms with E-state index in [1.165, 1.54) is 11.8 Å². The molecule has 0 saturated carbocycles. The maximum atomic E-state index is 13.3. The lowest BCUT2D eigenvalue weighted by Crippen LogP contribution is -2.33. The lowest BCUT2D eigenvalue weighted by Gasteiger charge is -2.22. The highest BCUT2D eigenvalue weighted by atomic mass is 32.2. The molecule has 35 heavy (non-hydrogen) atoms. The van der Waals surface area contributed by atoms with E-state index in [1.54, 1.807) is 17.3 Å². The number of benzene rings is 2. The molecule has 0 fully saturated rings. The lowest BCUT2D eigenvalue weighted by atomic mass is 10.1. The van der Waals surface area contributed by atoms with Gasteiger partial charge in [-0.25, -0.2) is 0 Å². The molecular weight excluding hydrogens is 456 g/mol. The van der Waals surface area contributed by atoms with Crippen molar-refractivity contribution in [2.75, 3.05) is 17.2 Å². The molecule has 2 heterocycles. The van der Waals surface area contributed by atoms with E-state index in [0.717, 1.165) is 33.6 Å². The van der Waals surface area contributed by atoms with Crippen LogP contribution in [0.3, 0.4) is 0 Å². The maximum absolute atomic E-state index is 13.3. The Balaban J connectivity index is 1.65. The molecule has 2 aromatic heterocycles. The van der Waals surface area contributed by atoms with Crippen molar-refractivity contribution in [1.82, 2.24) is 19.7 Å². The highest BCUT2D eigenvalue weighted by molar-refractivity contribution is 7.99. The van der Waals surface area contributed by atoms with Crippen LogP contribution in [0.15, 0.2) is 72.1 Å². The van der Waals surface area contributed by atoms with Crippen LogP contribution in [0, 0.1) is 32.1 Å². The average Bonchev–Trinajstić information content (AvgIpc) is 3.29. The van der Waals surface area contributed by atoms with Crippen LogP contribution in [-0.4, -0.2) is 38.0 Å². The van der Waals surface area contributed by atoms with E-state index in [9.17, 15) is 4.79 Å². The molecule has 7 nitrogen and oxygen atoms in total. The molecule has 0 aliphatic heterocycles. The molecule has 176 valence electrons. The summed E-state index contributed by atoms with van der Waals surface area (Å²) in [5.41, 5.74) is 5.97. The number of rotatable bonds is 8. The first-order valence-corrected chi connectivity index (χ1v) is 12.3. The van der Waals surface area contributed by atoms with Gasteiger partial charge in [0, 0.05) is 30.2 Å². The van der Waals surface area contributed by atoms with Crippen molar-refractivity contribution in [3.8, 4) is 23.1 Å². The Morgan fingerprint density at radius 3 is 2.49 bits per heavy atom. The van der Waals surface area contributed by atoms with Crippen LogP contribution in [0.1, 0.15) is 23.1 Å². The summed E-state index contributed by atoms with van der Waals surface area (Å²) in [5.74, 6) is 0.768. The van der Waals surface area contributed by atoms with E-state index in [2.05, 4.69) is 21.3 Å². The molecule has 1 amide bonds. The van der Waals surface area contributed by atoms with Crippen molar-refractivity contribution in [3.63, 3.8) is 0 Å². The minimum atomic E-state index is -0.0849. The summed E-state index contributed by atoms with van der Waals surface area (Å²) >= 11 is 1.34. The summed E-state index contributed by atoms with van der Waals surface area (Å²) in [6, 6.07) is 19.9. The van der Waals surface area contributed by atoms with E-state index >= 15 is 0 Å². The van der Waals surface area contributed by atoms with Gasteiger partial charge in [0.1, 0.15) is 0 Å². The minimum Gasteiger partial charge on any atom is -0.311 e. The zero-order valence-corrected chi connectivity index (χ0v) is 20.8. The molecule has 0 radical (unpaired) electrons. The van der Waals surface area contributed by atoms with Crippen molar-refractivity contribution in [3.05, 3.63) is 83.7 Å². The number of hydrogen-bond acceptors (Lipinski definition) is 6. The molecule has 4 aromatic rings. The van der Waals surface area contributed by atoms with Crippen LogP contribution in [0.4, 0.5) is 5.69 Å². The van der Waals surface area contributed by atoms with Crippen molar-refractivity contribution in [2.24, 2.45) is 0 Å². The zero-order valence-electron chi connectivity index (χ0n) is 20.0. The van der Waals surface area contributed by atoms with Crippen LogP contribution in [0.2, 0.25) is 0 Å². The Morgan fingerprint density at radius 2 is 1.77 bits per heavy atom. The summed E-state index contributed by atoms with van der Waals surface area (Å²) in [6.07, 6.45) is 3.70. The van der Waals surface area contributed by atoms with Crippen molar-refractivity contribution >= 4 is 23.4 Å². The molecule has 0 unspecified atom stereocenters. The Morgan fingerprint density at radius 1 is 1.00 bits per heavy atom. The van der Waals surface area contributed by atoms with Gasteiger partial charge in [-0.1, -0.05) is 36.0 Å². The zero-order chi connectivity index (χ0) is 24.8. The molecule has 8 heteroatoms. The Hall–Kier alpha value is -3.96. The second-order valence-electron chi connectivity index (χ2n) is 8.17. The van der Waals surface area contributed by atoms with Crippen LogP contribution in [-0.2, 0) is 4.79 Å². The number of para-hydroxylation sites is 1. The summed E-state index contributed by atoms with van der Waals surface area (Å²) in [5, 5.41) is 18.6. The van der Waals surface area contributed by atoms with Gasteiger partial charge in [0.25, 0.3) is 0 Å². The highest BCUT2D eigenvalue weighted by Crippen LogP contribution is 2.30. The number of aromatic nitrogens is 4. The van der Waals surface area contributed by atoms with Crippen LogP contribution in [0.5, 0.6) is 0 Å². The third-order valence-corrected chi connectivity index (χ3v) is 6.72. The molecule has 0 N–H and O–H groups in total. The van der Waals surface area contributed by atoms with Crippen LogP contribution < -0.4 is 4.90 Å². The SMILES string of the molecule is Cc1ccc(N(CCC#N)C(=O)CSc2nnc(-c3ccncc3)n2-c2ccccc2C)cc1C. The van der Waals surface area contributed by atoms with Crippen molar-refractivity contribution in [1.29, 1.82) is 5.26 Å². The van der Waals surface area contributed by atoms with Gasteiger partial charge in [-0.3, -0.25) is 14.3 Å². The monoisotopic (exact) mass is 482 g/mol. The maximum Gasteiger partial charge on any atom is 0.237 e. The van der Waals surface area contributed by atoms with Gasteiger partial charge in [0.15, 0.2) is 11.0 Å². The van der Waals surface area contributed by atoms with Gasteiger partial charge in [-0.05, 0) is 67.8 Å². The largest absolute Gasteiger partial charge is 0.311 e. The Bertz CT molecular complexity index is 1380. The fraction of sp³-hybridized carbons (Fsp3) is 0.222. The van der Waals surface area contributed by atoms with E-state index in [-0.39, 0.29) is 18.1 Å². The van der Waals surface area contributed by atoms with Gasteiger partial charge < -0.3 is 4.90 Å². The first-order chi connectivity index (χ1) is 17.0. The van der Waals surface area contributed by atoms with Crippen LogP contribution >= 0.6 is 11.8 Å². The standard InChI is InChI=1S/C27H26N6OS/c1-19-9-10-23(17-21(19)3)32(16-6-13-28)25(34)18-35-27-31-30-26(22-11-14-29-15-12-22)33(27)24-8-5-4-7-20(24)2/h4-5,7-12,14-15,17H,6,16,18H2,1-3H3. The molecule has 0 spiro atoms. The number of aryl methyl sites for hydroxylation is 3. The third-order valence-electron chi connectivity index (χ3n) is 5.80. The van der Waals surface area contributed by atoms with E-state index in [1.807, 2.05) is 79.9 Å². The molecule has 0 aliphatic carbocycles. The first-order valence-electron chi connectivity index (χ1n) is 11.3. The average molecular weight is 483 g/mol. The quantitative estimate of drug-likeness (QED) is 0.317. The number of pyridine rings is 1. The van der Waals surface area contributed by atoms with Gasteiger partial charge >= 0.3 is 0 Å². The smallest absolute Gasteiger partial charge is 0.237 e. The van der Waals surface area contributed by atoms with Gasteiger partial charge in [0.05, 0.1) is 23.9 Å². The molecule has 0 atom stereocenters. The molecule has 4 rings (SSSR count). The molecular formula is C27H26N6OS. The third kappa shape index (κ3) is 5.42. The summed E-state index contributed by atoms with van der Waals surface area (Å²) in [7, 11) is 0. The number of carbonyl (C=O) groups excluding carboxylic acids is 1. The van der Waals surface area contributed by atoms with Gasteiger partial charge in [-0.15, -0.1) is 10.2 Å². The summed E-state index contributed by atoms with van der Waals surface area (Å²) in [6.45, 7) is 6.43. The number of hydrogen-bond donors (Lipinski definition) is 0. The second-order valence-corrected chi connectivity index (χ2v) is 9.12. The molecule has 2 aromatic carbocycles. The molecule has 0 saturated heterocycles. The number of nitriles is 1. The highest BCUT2D eigenvalue weighted by Gasteiger charge is 2.21. The molecule has 0 bridgehead atoms. The number of thioether (sulfide) groups is 1. The summed E-state index contributed by atoms with van der Waals surface area (Å²) < 4.78 is 1.98. The minimum absolute atomic E-state index is 0.0849. The number of anilines is 1.